The second-order valence-corrected chi connectivity index (χ2v) is 11.3. The van der Waals surface area contributed by atoms with Crippen molar-refractivity contribution in [2.45, 2.75) is 88.8 Å². The summed E-state index contributed by atoms with van der Waals surface area (Å²) >= 11 is 0. The first-order valence-electron chi connectivity index (χ1n) is 13.6. The van der Waals surface area contributed by atoms with Gasteiger partial charge in [0.2, 0.25) is 5.91 Å². The minimum absolute atomic E-state index is 0.0714. The number of para-hydroxylation sites is 1. The second kappa shape index (κ2) is 9.95. The Balaban J connectivity index is 1.47. The first-order valence-corrected chi connectivity index (χ1v) is 13.6. The Morgan fingerprint density at radius 2 is 1.90 bits per heavy atom. The number of rotatable bonds is 6. The predicted octanol–water partition coefficient (Wildman–Crippen LogP) is 3.93. The van der Waals surface area contributed by atoms with E-state index in [-0.39, 0.29) is 23.9 Å². The Labute approximate surface area is 229 Å². The number of fused-ring (bicyclic) bond motifs is 2. The molecule has 0 aromatic heterocycles. The highest BCUT2D eigenvalue weighted by Crippen LogP contribution is 2.46. The second-order valence-electron chi connectivity index (χ2n) is 11.3. The maximum Gasteiger partial charge on any atom is 0.251 e. The lowest BCUT2D eigenvalue weighted by atomic mass is 9.86. The average Bonchev–Trinajstić information content (AvgIpc) is 3.28. The van der Waals surface area contributed by atoms with Gasteiger partial charge in [0.15, 0.2) is 5.96 Å². The molecule has 0 fully saturated rings. The summed E-state index contributed by atoms with van der Waals surface area (Å²) in [6.07, 6.45) is 1.07. The topological polar surface area (TPSA) is 126 Å². The van der Waals surface area contributed by atoms with Crippen LogP contribution in [0.4, 0.5) is 0 Å². The average molecular weight is 535 g/mol. The molecule has 0 radical (unpaired) electrons. The van der Waals surface area contributed by atoms with Crippen LogP contribution in [0.25, 0.3) is 0 Å². The van der Waals surface area contributed by atoms with Gasteiger partial charge in [0, 0.05) is 24.7 Å². The van der Waals surface area contributed by atoms with Gasteiger partial charge in [-0.15, -0.1) is 0 Å². The molecule has 39 heavy (non-hydrogen) atoms. The van der Waals surface area contributed by atoms with Crippen molar-refractivity contribution in [3.63, 3.8) is 0 Å². The van der Waals surface area contributed by atoms with Gasteiger partial charge in [-0.2, -0.15) is 0 Å². The number of nitrogens with two attached hydrogens (primary N) is 1. The molecule has 0 saturated heterocycles. The van der Waals surface area contributed by atoms with Gasteiger partial charge in [-0.25, -0.2) is 4.99 Å². The lowest BCUT2D eigenvalue weighted by molar-refractivity contribution is -0.131. The van der Waals surface area contributed by atoms with E-state index in [2.05, 4.69) is 5.32 Å². The van der Waals surface area contributed by atoms with Crippen LogP contribution < -0.4 is 15.8 Å². The summed E-state index contributed by atoms with van der Waals surface area (Å²) in [6.45, 7) is 7.64. The van der Waals surface area contributed by atoms with Crippen LogP contribution in [-0.2, 0) is 9.53 Å². The Kier molecular flexibility index (Phi) is 6.93. The van der Waals surface area contributed by atoms with Crippen molar-refractivity contribution >= 4 is 17.8 Å². The smallest absolute Gasteiger partial charge is 0.251 e. The van der Waals surface area contributed by atoms with Crippen molar-refractivity contribution in [1.82, 2.24) is 10.2 Å². The fourth-order valence-electron chi connectivity index (χ4n) is 6.17. The normalized spacial score (nSPS) is 26.8. The number of carbonyl (C=O) groups is 2. The molecule has 1 aliphatic carbocycles. The van der Waals surface area contributed by atoms with E-state index in [1.54, 1.807) is 38.0 Å². The van der Waals surface area contributed by atoms with Gasteiger partial charge >= 0.3 is 0 Å². The minimum atomic E-state index is -0.962. The minimum Gasteiger partial charge on any atom is -0.485 e. The van der Waals surface area contributed by atoms with Crippen molar-refractivity contribution in [1.29, 1.82) is 0 Å². The summed E-state index contributed by atoms with van der Waals surface area (Å²) in [6, 6.07) is 11.8. The quantitative estimate of drug-likeness (QED) is 0.516. The highest BCUT2D eigenvalue weighted by molar-refractivity contribution is 6.00. The number of methoxy groups -OCH3 is 1. The van der Waals surface area contributed by atoms with Gasteiger partial charge < -0.3 is 25.6 Å². The monoisotopic (exact) mass is 534 g/mol. The van der Waals surface area contributed by atoms with E-state index in [9.17, 15) is 14.7 Å². The summed E-state index contributed by atoms with van der Waals surface area (Å²) in [5, 5.41) is 14.1. The molecule has 208 valence electrons. The maximum atomic E-state index is 13.6. The van der Waals surface area contributed by atoms with Crippen molar-refractivity contribution in [2.75, 3.05) is 7.11 Å². The lowest BCUT2D eigenvalue weighted by Crippen LogP contribution is -2.53. The lowest BCUT2D eigenvalue weighted by Gasteiger charge is -2.42. The molecule has 2 aromatic rings. The third kappa shape index (κ3) is 4.57. The molecule has 0 bridgehead atoms. The SMILES string of the molecule is CCC1(CC)CC(=O)N([C@@H]2C[C@H](OC)c3ccc(C(=O)NC4c5ccccc5OC(C)(C)[C@H]4O)cc32)C(N)=N1. The van der Waals surface area contributed by atoms with E-state index in [1.165, 1.54) is 0 Å². The largest absolute Gasteiger partial charge is 0.485 e. The number of hydrogen-bond donors (Lipinski definition) is 3. The number of aliphatic imine (C=N–C) groups is 1. The van der Waals surface area contributed by atoms with Crippen LogP contribution in [0.5, 0.6) is 5.75 Å². The number of benzene rings is 2. The van der Waals surface area contributed by atoms with Gasteiger partial charge in [-0.3, -0.25) is 14.5 Å². The highest BCUT2D eigenvalue weighted by atomic mass is 16.5. The third-order valence-electron chi connectivity index (χ3n) is 8.69. The van der Waals surface area contributed by atoms with Gasteiger partial charge in [0.25, 0.3) is 5.91 Å². The number of nitrogens with one attached hydrogen (secondary N) is 1. The van der Waals surface area contributed by atoms with E-state index < -0.39 is 29.3 Å². The maximum absolute atomic E-state index is 13.6. The van der Waals surface area contributed by atoms with Crippen molar-refractivity contribution in [2.24, 2.45) is 10.7 Å². The zero-order valence-electron chi connectivity index (χ0n) is 23.2. The van der Waals surface area contributed by atoms with E-state index in [4.69, 9.17) is 20.2 Å². The standard InChI is InChI=1S/C30H38N4O5/c1-6-30(7-2)16-24(35)34(28(31)33-30)21-15-23(38-5)18-13-12-17(14-20(18)21)27(37)32-25-19-10-8-9-11-22(19)39-29(3,4)26(25)36/h8-14,21,23,25-26,36H,6-7,15-16H2,1-5H3,(H2,31,33)(H,32,37)/t21-,23+,25?,26+/m1/s1. The molecule has 4 N–H and O–H groups in total. The Morgan fingerprint density at radius 1 is 1.18 bits per heavy atom. The van der Waals surface area contributed by atoms with Crippen LogP contribution in [0.1, 0.15) is 98.6 Å². The number of hydrogen-bond acceptors (Lipinski definition) is 7. The zero-order valence-corrected chi connectivity index (χ0v) is 23.2. The van der Waals surface area contributed by atoms with E-state index in [0.29, 0.717) is 24.2 Å². The highest BCUT2D eigenvalue weighted by Gasteiger charge is 2.45. The molecule has 0 spiro atoms. The number of aliphatic hydroxyl groups is 1. The van der Waals surface area contributed by atoms with Gasteiger partial charge in [-0.05, 0) is 56.0 Å². The molecule has 3 aliphatic rings. The number of guanidine groups is 1. The number of amides is 2. The fourth-order valence-corrected chi connectivity index (χ4v) is 6.17. The molecule has 2 aliphatic heterocycles. The number of nitrogens with zero attached hydrogens (tertiary/aromatic N) is 2. The molecule has 9 heteroatoms. The fraction of sp³-hybridized carbons (Fsp3) is 0.500. The molecule has 2 amide bonds. The summed E-state index contributed by atoms with van der Waals surface area (Å²) in [5.74, 6) is 0.430. The Morgan fingerprint density at radius 3 is 2.56 bits per heavy atom. The van der Waals surface area contributed by atoms with Crippen molar-refractivity contribution in [3.05, 3.63) is 64.7 Å². The molecular weight excluding hydrogens is 496 g/mol. The van der Waals surface area contributed by atoms with Crippen molar-refractivity contribution < 1.29 is 24.2 Å². The first-order chi connectivity index (χ1) is 18.5. The van der Waals surface area contributed by atoms with Crippen LogP contribution >= 0.6 is 0 Å². The molecule has 4 atom stereocenters. The van der Waals surface area contributed by atoms with Crippen LogP contribution in [0.15, 0.2) is 47.5 Å². The van der Waals surface area contributed by atoms with Crippen LogP contribution in [0.3, 0.4) is 0 Å². The van der Waals surface area contributed by atoms with Gasteiger partial charge in [0.05, 0.1) is 30.1 Å². The zero-order chi connectivity index (χ0) is 28.1. The predicted molar refractivity (Wildman–Crippen MR) is 147 cm³/mol. The van der Waals surface area contributed by atoms with Crippen LogP contribution in [0, 0.1) is 0 Å². The Bertz CT molecular complexity index is 1320. The molecule has 5 rings (SSSR count). The number of carbonyl (C=O) groups excluding carboxylic acids is 2. The third-order valence-corrected chi connectivity index (χ3v) is 8.69. The summed E-state index contributed by atoms with van der Waals surface area (Å²) < 4.78 is 11.7. The van der Waals surface area contributed by atoms with E-state index >= 15 is 0 Å². The van der Waals surface area contributed by atoms with Crippen molar-refractivity contribution in [3.8, 4) is 5.75 Å². The van der Waals surface area contributed by atoms with E-state index in [1.807, 2.05) is 44.2 Å². The molecule has 9 nitrogen and oxygen atoms in total. The van der Waals surface area contributed by atoms with Crippen LogP contribution in [-0.4, -0.2) is 52.1 Å². The summed E-state index contributed by atoms with van der Waals surface area (Å²) in [4.78, 5) is 33.4. The van der Waals surface area contributed by atoms with Gasteiger partial charge in [0.1, 0.15) is 17.5 Å². The first kappa shape index (κ1) is 27.1. The molecular formula is C30H38N4O5. The van der Waals surface area contributed by atoms with Crippen LogP contribution in [0.2, 0.25) is 0 Å². The summed E-state index contributed by atoms with van der Waals surface area (Å²) in [5.41, 5.74) is 7.92. The number of ether oxygens (including phenoxy) is 2. The van der Waals surface area contributed by atoms with Gasteiger partial charge in [-0.1, -0.05) is 38.1 Å². The molecule has 2 heterocycles. The van der Waals surface area contributed by atoms with E-state index in [0.717, 1.165) is 29.5 Å². The molecule has 0 saturated carbocycles. The summed E-state index contributed by atoms with van der Waals surface area (Å²) in [7, 11) is 1.64. The Hall–Kier alpha value is -3.43. The molecule has 2 aromatic carbocycles. The molecule has 1 unspecified atom stereocenters. The number of aliphatic hydroxyl groups excluding tert-OH is 1.